The van der Waals surface area contributed by atoms with Crippen molar-refractivity contribution in [3.05, 3.63) is 126 Å². The number of hydrogen-bond donors (Lipinski definition) is 0. The average Bonchev–Trinajstić information content (AvgIpc) is 3.57. The number of hydrogen-bond acceptors (Lipinski definition) is 1. The molecule has 184 valence electrons. The first-order chi connectivity index (χ1) is 19.1. The molecule has 0 bridgehead atoms. The topological polar surface area (TPSA) is 4.93 Å². The summed E-state index contributed by atoms with van der Waals surface area (Å²) in [5.74, 6) is 0. The molecule has 2 aromatic heterocycles. The zero-order valence-corrected chi connectivity index (χ0v) is 22.6. The summed E-state index contributed by atoms with van der Waals surface area (Å²) in [5.41, 5.74) is 9.33. The van der Waals surface area contributed by atoms with E-state index in [0.717, 1.165) is 0 Å². The van der Waals surface area contributed by atoms with Crippen molar-refractivity contribution in [3.8, 4) is 16.8 Å². The van der Waals surface area contributed by atoms with Crippen molar-refractivity contribution >= 4 is 64.1 Å². The smallest absolute Gasteiger partial charge is 0.0547 e. The van der Waals surface area contributed by atoms with Crippen LogP contribution in [-0.4, -0.2) is 4.57 Å². The van der Waals surface area contributed by atoms with Gasteiger partial charge in [0, 0.05) is 42.0 Å². The molecule has 6 aromatic carbocycles. The van der Waals surface area contributed by atoms with Gasteiger partial charge in [0.05, 0.1) is 11.0 Å². The summed E-state index contributed by atoms with van der Waals surface area (Å²) in [7, 11) is 0. The number of rotatable bonds is 1. The maximum atomic E-state index is 2.47. The van der Waals surface area contributed by atoms with Gasteiger partial charge in [0.15, 0.2) is 0 Å². The van der Waals surface area contributed by atoms with E-state index in [2.05, 4.69) is 134 Å². The van der Waals surface area contributed by atoms with Crippen LogP contribution in [0, 0.1) is 0 Å². The van der Waals surface area contributed by atoms with Crippen LogP contribution in [0.5, 0.6) is 0 Å². The van der Waals surface area contributed by atoms with Gasteiger partial charge in [-0.05, 0) is 69.4 Å². The largest absolute Gasteiger partial charge is 0.309 e. The third kappa shape index (κ3) is 2.74. The zero-order chi connectivity index (χ0) is 25.9. The van der Waals surface area contributed by atoms with Gasteiger partial charge in [0.2, 0.25) is 0 Å². The van der Waals surface area contributed by atoms with Crippen molar-refractivity contribution in [2.75, 3.05) is 0 Å². The fourth-order valence-corrected chi connectivity index (χ4v) is 8.26. The van der Waals surface area contributed by atoms with Crippen LogP contribution in [0.15, 0.2) is 115 Å². The second kappa shape index (κ2) is 7.37. The standard InChI is InChI=1S/C37H25NS/c1-37(2)30-12-6-3-11-27(30)36-28-21-33-29(19-22(28)15-18-31(36)37)24-9-4-7-13-32(24)38(33)23-16-17-26-25-10-5-8-14-34(25)39-35(26)20-23/h3-21H,1-2H3. The molecule has 9 rings (SSSR count). The quantitative estimate of drug-likeness (QED) is 0.205. The van der Waals surface area contributed by atoms with E-state index in [4.69, 9.17) is 0 Å². The Morgan fingerprint density at radius 2 is 1.31 bits per heavy atom. The van der Waals surface area contributed by atoms with E-state index in [-0.39, 0.29) is 5.41 Å². The summed E-state index contributed by atoms with van der Waals surface area (Å²) in [5, 5.41) is 7.92. The number of benzene rings is 6. The maximum Gasteiger partial charge on any atom is 0.0547 e. The lowest BCUT2D eigenvalue weighted by Gasteiger charge is -2.21. The van der Waals surface area contributed by atoms with Gasteiger partial charge in [-0.3, -0.25) is 0 Å². The first kappa shape index (κ1) is 21.5. The van der Waals surface area contributed by atoms with Gasteiger partial charge in [-0.2, -0.15) is 0 Å². The molecule has 0 saturated carbocycles. The Kier molecular flexibility index (Phi) is 4.07. The second-order valence-corrected chi connectivity index (χ2v) is 12.5. The van der Waals surface area contributed by atoms with Crippen LogP contribution in [0.4, 0.5) is 0 Å². The number of thiophene rings is 1. The molecule has 0 N–H and O–H groups in total. The molecule has 0 saturated heterocycles. The number of para-hydroxylation sites is 1. The number of fused-ring (bicyclic) bond motifs is 11. The van der Waals surface area contributed by atoms with Crippen molar-refractivity contribution in [1.82, 2.24) is 4.57 Å². The van der Waals surface area contributed by atoms with Crippen LogP contribution >= 0.6 is 11.3 Å². The van der Waals surface area contributed by atoms with E-state index < -0.39 is 0 Å². The predicted octanol–water partition coefficient (Wildman–Crippen LogP) is 10.6. The molecule has 0 amide bonds. The maximum absolute atomic E-state index is 2.47. The van der Waals surface area contributed by atoms with Crippen LogP contribution in [0.3, 0.4) is 0 Å². The number of aromatic nitrogens is 1. The molecule has 0 fully saturated rings. The van der Waals surface area contributed by atoms with Gasteiger partial charge >= 0.3 is 0 Å². The van der Waals surface area contributed by atoms with Gasteiger partial charge in [0.25, 0.3) is 0 Å². The molecule has 0 atom stereocenters. The SMILES string of the molecule is CC1(C)c2ccccc2-c2c1ccc1cc3c4ccccc4n(-c4ccc5c(c4)sc4ccccc45)c3cc21. The fourth-order valence-electron chi connectivity index (χ4n) is 7.12. The first-order valence-corrected chi connectivity index (χ1v) is 14.4. The Balaban J connectivity index is 1.40. The highest BCUT2D eigenvalue weighted by Gasteiger charge is 2.36. The number of nitrogens with zero attached hydrogens (tertiary/aromatic N) is 1. The van der Waals surface area contributed by atoms with E-state index >= 15 is 0 Å². The highest BCUT2D eigenvalue weighted by molar-refractivity contribution is 7.25. The molecular formula is C37H25NS. The van der Waals surface area contributed by atoms with E-state index in [9.17, 15) is 0 Å². The molecule has 0 aliphatic heterocycles. The molecule has 0 spiro atoms. The average molecular weight is 516 g/mol. The minimum atomic E-state index is -0.00596. The van der Waals surface area contributed by atoms with Crippen molar-refractivity contribution in [3.63, 3.8) is 0 Å². The molecule has 1 nitrogen and oxygen atoms in total. The second-order valence-electron chi connectivity index (χ2n) is 11.4. The Hall–Kier alpha value is -4.40. The molecule has 2 heterocycles. The molecule has 2 heteroatoms. The summed E-state index contributed by atoms with van der Waals surface area (Å²) >= 11 is 1.88. The van der Waals surface area contributed by atoms with Crippen LogP contribution in [0.1, 0.15) is 25.0 Å². The Bertz CT molecular complexity index is 2310. The Morgan fingerprint density at radius 3 is 2.23 bits per heavy atom. The molecule has 0 unspecified atom stereocenters. The summed E-state index contributed by atoms with van der Waals surface area (Å²) in [6.07, 6.45) is 0. The third-order valence-corrected chi connectivity index (χ3v) is 10.1. The first-order valence-electron chi connectivity index (χ1n) is 13.6. The summed E-state index contributed by atoms with van der Waals surface area (Å²) in [6.45, 7) is 4.72. The lowest BCUT2D eigenvalue weighted by atomic mass is 9.82. The van der Waals surface area contributed by atoms with Crippen LogP contribution in [0.2, 0.25) is 0 Å². The normalized spacial score (nSPS) is 14.1. The van der Waals surface area contributed by atoms with Crippen molar-refractivity contribution in [1.29, 1.82) is 0 Å². The van der Waals surface area contributed by atoms with Gasteiger partial charge in [0.1, 0.15) is 0 Å². The monoisotopic (exact) mass is 515 g/mol. The molecular weight excluding hydrogens is 490 g/mol. The Morgan fingerprint density at radius 1 is 0.538 bits per heavy atom. The summed E-state index contributed by atoms with van der Waals surface area (Å²) < 4.78 is 5.14. The van der Waals surface area contributed by atoms with Crippen LogP contribution in [-0.2, 0) is 5.41 Å². The van der Waals surface area contributed by atoms with Gasteiger partial charge in [-0.25, -0.2) is 0 Å². The minimum Gasteiger partial charge on any atom is -0.309 e. The van der Waals surface area contributed by atoms with E-state index in [1.165, 1.54) is 80.7 Å². The van der Waals surface area contributed by atoms with E-state index in [0.29, 0.717) is 0 Å². The summed E-state index contributed by atoms with van der Waals surface area (Å²) in [4.78, 5) is 0. The van der Waals surface area contributed by atoms with Gasteiger partial charge in [-0.15, -0.1) is 11.3 Å². The highest BCUT2D eigenvalue weighted by Crippen LogP contribution is 2.52. The predicted molar refractivity (Wildman–Crippen MR) is 169 cm³/mol. The highest BCUT2D eigenvalue weighted by atomic mass is 32.1. The lowest BCUT2D eigenvalue weighted by Crippen LogP contribution is -2.14. The fraction of sp³-hybridized carbons (Fsp3) is 0.0811. The van der Waals surface area contributed by atoms with Crippen molar-refractivity contribution in [2.24, 2.45) is 0 Å². The van der Waals surface area contributed by atoms with Crippen molar-refractivity contribution in [2.45, 2.75) is 19.3 Å². The zero-order valence-electron chi connectivity index (χ0n) is 21.8. The molecule has 39 heavy (non-hydrogen) atoms. The van der Waals surface area contributed by atoms with Crippen molar-refractivity contribution < 1.29 is 0 Å². The van der Waals surface area contributed by atoms with E-state index in [1.807, 2.05) is 11.3 Å². The van der Waals surface area contributed by atoms with Crippen LogP contribution < -0.4 is 0 Å². The molecule has 8 aromatic rings. The molecule has 1 aliphatic carbocycles. The van der Waals surface area contributed by atoms with Gasteiger partial charge in [-0.1, -0.05) is 92.7 Å². The minimum absolute atomic E-state index is 0.00596. The van der Waals surface area contributed by atoms with E-state index in [1.54, 1.807) is 0 Å². The lowest BCUT2D eigenvalue weighted by molar-refractivity contribution is 0.661. The molecule has 0 radical (unpaired) electrons. The van der Waals surface area contributed by atoms with Gasteiger partial charge < -0.3 is 4.57 Å². The third-order valence-electron chi connectivity index (χ3n) is 8.98. The van der Waals surface area contributed by atoms with Crippen LogP contribution in [0.25, 0.3) is 69.6 Å². The summed E-state index contributed by atoms with van der Waals surface area (Å²) in [6, 6.07) is 43.1. The molecule has 1 aliphatic rings. The Labute approximate surface area is 230 Å².